The van der Waals surface area contributed by atoms with Crippen LogP contribution in [0.5, 0.6) is 0 Å². The smallest absolute Gasteiger partial charge is 0.143 e. The summed E-state index contributed by atoms with van der Waals surface area (Å²) in [5.74, 6) is 0. The average Bonchev–Trinajstić information content (AvgIpc) is 3.65. The van der Waals surface area contributed by atoms with Crippen LogP contribution in [0.15, 0.2) is 211 Å². The van der Waals surface area contributed by atoms with E-state index in [9.17, 15) is 0 Å². The Morgan fingerprint density at radius 2 is 0.800 bits per heavy atom. The first-order valence-electron chi connectivity index (χ1n) is 18.8. The van der Waals surface area contributed by atoms with E-state index in [0.29, 0.717) is 0 Å². The normalized spacial score (nSPS) is 11.6. The monoisotopic (exact) mass is 702 g/mol. The summed E-state index contributed by atoms with van der Waals surface area (Å²) >= 11 is 0. The molecule has 1 aromatic heterocycles. The highest BCUT2D eigenvalue weighted by Crippen LogP contribution is 2.47. The summed E-state index contributed by atoms with van der Waals surface area (Å²) in [4.78, 5) is 4.75. The van der Waals surface area contributed by atoms with Gasteiger partial charge in [0.2, 0.25) is 0 Å². The van der Waals surface area contributed by atoms with Crippen LogP contribution in [0.25, 0.3) is 65.0 Å². The highest BCUT2D eigenvalue weighted by atomic mass is 16.3. The Kier molecular flexibility index (Phi) is 7.17. The molecule has 0 aliphatic carbocycles. The van der Waals surface area contributed by atoms with Gasteiger partial charge in [0.05, 0.1) is 5.69 Å². The zero-order valence-electron chi connectivity index (χ0n) is 29.9. The number of para-hydroxylation sites is 3. The number of fused-ring (bicyclic) bond motifs is 11. The van der Waals surface area contributed by atoms with Crippen LogP contribution in [0.2, 0.25) is 0 Å². The van der Waals surface area contributed by atoms with Gasteiger partial charge in [-0.1, -0.05) is 140 Å². The van der Waals surface area contributed by atoms with Gasteiger partial charge in [0.25, 0.3) is 0 Å². The van der Waals surface area contributed by atoms with E-state index in [2.05, 4.69) is 210 Å². The lowest BCUT2D eigenvalue weighted by Crippen LogP contribution is -2.13. The molecular weight excluding hydrogens is 669 g/mol. The highest BCUT2D eigenvalue weighted by molar-refractivity contribution is 6.30. The van der Waals surface area contributed by atoms with E-state index in [1.54, 1.807) is 0 Å². The van der Waals surface area contributed by atoms with Crippen molar-refractivity contribution in [1.82, 2.24) is 0 Å². The molecule has 258 valence electrons. The third kappa shape index (κ3) is 5.05. The van der Waals surface area contributed by atoms with E-state index in [1.807, 2.05) is 6.07 Å². The maximum absolute atomic E-state index is 6.77. The van der Waals surface area contributed by atoms with E-state index < -0.39 is 0 Å². The maximum atomic E-state index is 6.77. The van der Waals surface area contributed by atoms with Crippen LogP contribution in [0.1, 0.15) is 0 Å². The predicted molar refractivity (Wildman–Crippen MR) is 233 cm³/mol. The second kappa shape index (κ2) is 12.6. The van der Waals surface area contributed by atoms with Gasteiger partial charge in [-0.3, -0.25) is 0 Å². The van der Waals surface area contributed by atoms with Gasteiger partial charge in [0.15, 0.2) is 0 Å². The first kappa shape index (κ1) is 31.2. The van der Waals surface area contributed by atoms with Crippen molar-refractivity contribution in [3.8, 4) is 0 Å². The molecule has 0 fully saturated rings. The molecule has 11 rings (SSSR count). The van der Waals surface area contributed by atoms with E-state index in [-0.39, 0.29) is 0 Å². The van der Waals surface area contributed by atoms with E-state index in [0.717, 1.165) is 61.4 Å². The van der Waals surface area contributed by atoms with Crippen LogP contribution in [-0.2, 0) is 0 Å². The molecule has 10 aromatic carbocycles. The molecule has 0 radical (unpaired) electrons. The lowest BCUT2D eigenvalue weighted by Gasteiger charge is -2.30. The molecule has 55 heavy (non-hydrogen) atoms. The summed E-state index contributed by atoms with van der Waals surface area (Å²) in [6, 6.07) is 73.9. The number of hydrogen-bond acceptors (Lipinski definition) is 3. The van der Waals surface area contributed by atoms with Crippen molar-refractivity contribution in [3.05, 3.63) is 206 Å². The van der Waals surface area contributed by atoms with Gasteiger partial charge in [0, 0.05) is 50.0 Å². The molecule has 0 atom stereocenters. The van der Waals surface area contributed by atoms with Crippen LogP contribution in [0.4, 0.5) is 34.1 Å². The molecule has 11 aromatic rings. The fraction of sp³-hybridized carbons (Fsp3) is 0. The second-order valence-corrected chi connectivity index (χ2v) is 14.1. The SMILES string of the molecule is c1ccc(N(c2ccccc2)c2cccc(N(c3ccc4c5ccccc5c5c6ccccc6oc5c4c3)c3cc4ccccc4c4ccccc34)c2)cc1. The molecule has 0 saturated carbocycles. The van der Waals surface area contributed by atoms with Gasteiger partial charge in [-0.2, -0.15) is 0 Å². The summed E-state index contributed by atoms with van der Waals surface area (Å²) in [5, 5.41) is 11.8. The molecule has 0 N–H and O–H groups in total. The number of furan rings is 1. The Morgan fingerprint density at radius 1 is 0.291 bits per heavy atom. The van der Waals surface area contributed by atoms with Crippen LogP contribution in [-0.4, -0.2) is 0 Å². The van der Waals surface area contributed by atoms with Crippen molar-refractivity contribution in [3.63, 3.8) is 0 Å². The third-order valence-electron chi connectivity index (χ3n) is 11.0. The van der Waals surface area contributed by atoms with Crippen molar-refractivity contribution >= 4 is 99.2 Å². The van der Waals surface area contributed by atoms with Gasteiger partial charge in [-0.15, -0.1) is 0 Å². The quantitative estimate of drug-likeness (QED) is 0.161. The zero-order chi connectivity index (χ0) is 36.3. The van der Waals surface area contributed by atoms with Gasteiger partial charge in [0.1, 0.15) is 11.2 Å². The van der Waals surface area contributed by atoms with Crippen LogP contribution in [0.3, 0.4) is 0 Å². The molecule has 0 unspecified atom stereocenters. The molecule has 0 aliphatic rings. The third-order valence-corrected chi connectivity index (χ3v) is 11.0. The van der Waals surface area contributed by atoms with Crippen molar-refractivity contribution in [2.24, 2.45) is 0 Å². The topological polar surface area (TPSA) is 19.6 Å². The minimum atomic E-state index is 0.896. The van der Waals surface area contributed by atoms with Crippen molar-refractivity contribution < 1.29 is 4.42 Å². The number of hydrogen-bond donors (Lipinski definition) is 0. The molecule has 0 saturated heterocycles. The molecular formula is C52H34N2O. The van der Waals surface area contributed by atoms with Crippen molar-refractivity contribution in [2.75, 3.05) is 9.80 Å². The molecule has 0 aliphatic heterocycles. The van der Waals surface area contributed by atoms with Crippen molar-refractivity contribution in [1.29, 1.82) is 0 Å². The number of anilines is 6. The van der Waals surface area contributed by atoms with Gasteiger partial charge < -0.3 is 14.2 Å². The lowest BCUT2D eigenvalue weighted by molar-refractivity contribution is 0.673. The summed E-state index contributed by atoms with van der Waals surface area (Å²) in [5.41, 5.74) is 8.27. The fourth-order valence-corrected chi connectivity index (χ4v) is 8.55. The molecule has 3 nitrogen and oxygen atoms in total. The minimum absolute atomic E-state index is 0.896. The number of rotatable bonds is 6. The lowest BCUT2D eigenvalue weighted by atomic mass is 9.95. The summed E-state index contributed by atoms with van der Waals surface area (Å²) in [7, 11) is 0. The summed E-state index contributed by atoms with van der Waals surface area (Å²) in [6.07, 6.45) is 0. The Labute approximate surface area is 318 Å². The number of nitrogens with zero attached hydrogens (tertiary/aromatic N) is 2. The fourth-order valence-electron chi connectivity index (χ4n) is 8.55. The molecule has 0 bridgehead atoms. The molecule has 0 amide bonds. The average molecular weight is 703 g/mol. The van der Waals surface area contributed by atoms with Crippen LogP contribution < -0.4 is 9.80 Å². The van der Waals surface area contributed by atoms with E-state index in [1.165, 1.54) is 37.7 Å². The number of benzene rings is 10. The summed E-state index contributed by atoms with van der Waals surface area (Å²) in [6.45, 7) is 0. The first-order chi connectivity index (χ1) is 27.3. The summed E-state index contributed by atoms with van der Waals surface area (Å²) < 4.78 is 6.77. The van der Waals surface area contributed by atoms with Crippen LogP contribution in [0, 0.1) is 0 Å². The minimum Gasteiger partial charge on any atom is -0.455 e. The molecule has 1 heterocycles. The van der Waals surface area contributed by atoms with Gasteiger partial charge in [-0.25, -0.2) is 0 Å². The zero-order valence-corrected chi connectivity index (χ0v) is 29.9. The van der Waals surface area contributed by atoms with E-state index in [4.69, 9.17) is 4.42 Å². The Bertz CT molecular complexity index is 3180. The van der Waals surface area contributed by atoms with Crippen LogP contribution >= 0.6 is 0 Å². The standard InChI is InChI=1S/C52H34N2O/c1-3-17-36(18-4-1)53(37-19-5-2-6-20-37)38-21-15-22-39(33-38)54(49-32-35-16-7-8-23-41(35)42-24-9-11-26-45(42)49)40-30-31-44-43-25-10-12-27-46(43)51-47-28-13-14-29-50(47)55-52(51)48(44)34-40/h1-34H. The van der Waals surface area contributed by atoms with Gasteiger partial charge in [-0.05, 0) is 99.0 Å². The Morgan fingerprint density at radius 3 is 1.53 bits per heavy atom. The maximum Gasteiger partial charge on any atom is 0.143 e. The first-order valence-corrected chi connectivity index (χ1v) is 18.8. The predicted octanol–water partition coefficient (Wildman–Crippen LogP) is 15.1. The second-order valence-electron chi connectivity index (χ2n) is 14.1. The highest BCUT2D eigenvalue weighted by Gasteiger charge is 2.22. The van der Waals surface area contributed by atoms with E-state index >= 15 is 0 Å². The van der Waals surface area contributed by atoms with Crippen molar-refractivity contribution in [2.45, 2.75) is 0 Å². The largest absolute Gasteiger partial charge is 0.455 e. The molecule has 0 spiro atoms. The molecule has 3 heteroatoms. The Balaban J connectivity index is 1.22. The van der Waals surface area contributed by atoms with Gasteiger partial charge >= 0.3 is 0 Å². The Hall–Kier alpha value is -7.36.